The zero-order chi connectivity index (χ0) is 16.8. The molecule has 0 aliphatic carbocycles. The first kappa shape index (κ1) is 16.9. The van der Waals surface area contributed by atoms with Gasteiger partial charge in [0.1, 0.15) is 6.07 Å². The molecular weight excluding hydrogens is 314 g/mol. The summed E-state index contributed by atoms with van der Waals surface area (Å²) in [6.07, 6.45) is 0. The zero-order valence-corrected chi connectivity index (χ0v) is 14.9. The molecule has 2 aromatic rings. The van der Waals surface area contributed by atoms with Crippen LogP contribution in [0, 0.1) is 11.3 Å². The molecule has 0 saturated carbocycles. The average molecular weight is 337 g/mol. The fourth-order valence-electron chi connectivity index (χ4n) is 3.11. The fraction of sp³-hybridized carbons (Fsp3) is 0.350. The molecule has 1 heterocycles. The van der Waals surface area contributed by atoms with Crippen molar-refractivity contribution in [1.82, 2.24) is 4.90 Å². The molecule has 0 bridgehead atoms. The van der Waals surface area contributed by atoms with Crippen LogP contribution in [-0.2, 0) is 6.54 Å². The quantitative estimate of drug-likeness (QED) is 0.772. The summed E-state index contributed by atoms with van der Waals surface area (Å²) in [7, 11) is 0. The van der Waals surface area contributed by atoms with Gasteiger partial charge in [0, 0.05) is 37.6 Å². The predicted octanol–water partition coefficient (Wildman–Crippen LogP) is 3.99. The number of hydrogen-bond donors (Lipinski definition) is 0. The van der Waals surface area contributed by atoms with Gasteiger partial charge in [-0.25, -0.2) is 0 Å². The highest BCUT2D eigenvalue weighted by molar-refractivity contribution is 7.99. The lowest BCUT2D eigenvalue weighted by molar-refractivity contribution is 0.250. The van der Waals surface area contributed by atoms with Crippen molar-refractivity contribution in [2.75, 3.05) is 36.8 Å². The highest BCUT2D eigenvalue weighted by Gasteiger charge is 2.19. The summed E-state index contributed by atoms with van der Waals surface area (Å²) in [6, 6.07) is 19.1. The van der Waals surface area contributed by atoms with E-state index < -0.39 is 0 Å². The molecule has 0 aromatic heterocycles. The first-order valence-electron chi connectivity index (χ1n) is 8.48. The summed E-state index contributed by atoms with van der Waals surface area (Å²) in [5, 5.41) is 9.27. The van der Waals surface area contributed by atoms with Gasteiger partial charge in [-0.15, -0.1) is 11.8 Å². The Labute approximate surface area is 148 Å². The number of nitrogens with zero attached hydrogens (tertiary/aromatic N) is 3. The minimum atomic E-state index is 0.773. The zero-order valence-electron chi connectivity index (χ0n) is 14.1. The van der Waals surface area contributed by atoms with E-state index in [1.165, 1.54) is 10.5 Å². The van der Waals surface area contributed by atoms with Gasteiger partial charge >= 0.3 is 0 Å². The molecule has 0 radical (unpaired) electrons. The molecule has 0 N–H and O–H groups in total. The van der Waals surface area contributed by atoms with Gasteiger partial charge in [-0.3, -0.25) is 4.90 Å². The molecule has 3 nitrogen and oxygen atoms in total. The Hall–Kier alpha value is -1.96. The van der Waals surface area contributed by atoms with Gasteiger partial charge in [-0.05, 0) is 35.6 Å². The van der Waals surface area contributed by atoms with Crippen LogP contribution in [0.4, 0.5) is 5.69 Å². The van der Waals surface area contributed by atoms with Crippen LogP contribution in [0.2, 0.25) is 0 Å². The molecule has 124 valence electrons. The Morgan fingerprint density at radius 2 is 1.71 bits per heavy atom. The van der Waals surface area contributed by atoms with Crippen molar-refractivity contribution in [3.8, 4) is 6.07 Å². The maximum atomic E-state index is 9.27. The minimum absolute atomic E-state index is 0.773. The van der Waals surface area contributed by atoms with Crippen molar-refractivity contribution in [2.24, 2.45) is 0 Å². The number of nitriles is 1. The van der Waals surface area contributed by atoms with Crippen molar-refractivity contribution in [2.45, 2.75) is 18.4 Å². The van der Waals surface area contributed by atoms with Crippen molar-refractivity contribution in [3.05, 3.63) is 59.7 Å². The molecule has 4 heteroatoms. The second kappa shape index (κ2) is 8.23. The molecular formula is C20H23N3S. The monoisotopic (exact) mass is 337 g/mol. The van der Waals surface area contributed by atoms with Gasteiger partial charge in [-0.1, -0.05) is 31.2 Å². The first-order valence-corrected chi connectivity index (χ1v) is 9.47. The fourth-order valence-corrected chi connectivity index (χ4v) is 3.77. The summed E-state index contributed by atoms with van der Waals surface area (Å²) in [5.74, 6) is 1.12. The van der Waals surface area contributed by atoms with E-state index in [1.807, 2.05) is 30.0 Å². The van der Waals surface area contributed by atoms with E-state index in [0.717, 1.165) is 49.7 Å². The van der Waals surface area contributed by atoms with E-state index in [9.17, 15) is 5.26 Å². The van der Waals surface area contributed by atoms with E-state index in [-0.39, 0.29) is 0 Å². The van der Waals surface area contributed by atoms with Crippen molar-refractivity contribution in [3.63, 3.8) is 0 Å². The van der Waals surface area contributed by atoms with Crippen molar-refractivity contribution < 1.29 is 0 Å². The van der Waals surface area contributed by atoms with Crippen LogP contribution >= 0.6 is 11.8 Å². The molecule has 0 amide bonds. The Morgan fingerprint density at radius 3 is 2.38 bits per heavy atom. The van der Waals surface area contributed by atoms with Crippen molar-refractivity contribution in [1.29, 1.82) is 5.26 Å². The molecule has 0 atom stereocenters. The number of piperazine rings is 1. The summed E-state index contributed by atoms with van der Waals surface area (Å²) in [4.78, 5) is 6.17. The van der Waals surface area contributed by atoms with Crippen LogP contribution in [0.25, 0.3) is 0 Å². The van der Waals surface area contributed by atoms with Crippen LogP contribution in [-0.4, -0.2) is 36.8 Å². The third-order valence-electron chi connectivity index (χ3n) is 4.38. The second-order valence-corrected chi connectivity index (χ2v) is 7.31. The molecule has 0 unspecified atom stereocenters. The Balaban J connectivity index is 1.56. The molecule has 0 spiro atoms. The van der Waals surface area contributed by atoms with E-state index in [4.69, 9.17) is 0 Å². The number of benzene rings is 2. The topological polar surface area (TPSA) is 30.3 Å². The Bertz CT molecular complexity index is 698. The number of anilines is 1. The molecule has 24 heavy (non-hydrogen) atoms. The van der Waals surface area contributed by atoms with Gasteiger partial charge in [0.05, 0.1) is 11.3 Å². The van der Waals surface area contributed by atoms with E-state index in [2.05, 4.69) is 53.1 Å². The standard InChI is InChI=1S/C20H23N3S/c1-2-24-19-9-7-17(8-10-19)16-22-11-13-23(14-12-22)20-6-4-3-5-18(20)15-21/h3-10H,2,11-14,16H2,1H3. The lowest BCUT2D eigenvalue weighted by Gasteiger charge is -2.36. The predicted molar refractivity (Wildman–Crippen MR) is 101 cm³/mol. The van der Waals surface area contributed by atoms with Gasteiger partial charge in [0.2, 0.25) is 0 Å². The first-order chi connectivity index (χ1) is 11.8. The SMILES string of the molecule is CCSc1ccc(CN2CCN(c3ccccc3C#N)CC2)cc1. The maximum absolute atomic E-state index is 9.27. The molecule has 1 aliphatic rings. The number of thioether (sulfide) groups is 1. The van der Waals surface area contributed by atoms with E-state index in [0.29, 0.717) is 0 Å². The smallest absolute Gasteiger partial charge is 0.101 e. The number of rotatable bonds is 5. The molecule has 1 saturated heterocycles. The van der Waals surface area contributed by atoms with Crippen LogP contribution in [0.1, 0.15) is 18.1 Å². The van der Waals surface area contributed by atoms with Crippen LogP contribution in [0.15, 0.2) is 53.4 Å². The van der Waals surface area contributed by atoms with Gasteiger partial charge in [-0.2, -0.15) is 5.26 Å². The highest BCUT2D eigenvalue weighted by atomic mass is 32.2. The lowest BCUT2D eigenvalue weighted by atomic mass is 10.1. The largest absolute Gasteiger partial charge is 0.368 e. The van der Waals surface area contributed by atoms with Gasteiger partial charge in [0.15, 0.2) is 0 Å². The van der Waals surface area contributed by atoms with Crippen LogP contribution < -0.4 is 4.90 Å². The number of para-hydroxylation sites is 1. The summed E-state index contributed by atoms with van der Waals surface area (Å²) >= 11 is 1.88. The Kier molecular flexibility index (Phi) is 5.79. The normalized spacial score (nSPS) is 15.2. The lowest BCUT2D eigenvalue weighted by Crippen LogP contribution is -2.46. The third-order valence-corrected chi connectivity index (χ3v) is 5.27. The summed E-state index contributed by atoms with van der Waals surface area (Å²) in [5.41, 5.74) is 3.22. The summed E-state index contributed by atoms with van der Waals surface area (Å²) in [6.45, 7) is 7.20. The third kappa shape index (κ3) is 4.11. The molecule has 3 rings (SSSR count). The molecule has 1 aliphatic heterocycles. The second-order valence-electron chi connectivity index (χ2n) is 5.97. The minimum Gasteiger partial charge on any atom is -0.368 e. The number of hydrogen-bond acceptors (Lipinski definition) is 4. The Morgan fingerprint density at radius 1 is 1.00 bits per heavy atom. The average Bonchev–Trinajstić information content (AvgIpc) is 2.64. The molecule has 2 aromatic carbocycles. The van der Waals surface area contributed by atoms with Crippen molar-refractivity contribution >= 4 is 17.4 Å². The van der Waals surface area contributed by atoms with E-state index >= 15 is 0 Å². The van der Waals surface area contributed by atoms with E-state index in [1.54, 1.807) is 0 Å². The van der Waals surface area contributed by atoms with Gasteiger partial charge < -0.3 is 4.90 Å². The van der Waals surface area contributed by atoms with Gasteiger partial charge in [0.25, 0.3) is 0 Å². The molecule has 1 fully saturated rings. The van der Waals surface area contributed by atoms with Crippen LogP contribution in [0.3, 0.4) is 0 Å². The highest BCUT2D eigenvalue weighted by Crippen LogP contribution is 2.22. The maximum Gasteiger partial charge on any atom is 0.101 e. The van der Waals surface area contributed by atoms with Crippen LogP contribution in [0.5, 0.6) is 0 Å². The summed E-state index contributed by atoms with van der Waals surface area (Å²) < 4.78 is 0.